The van der Waals surface area contributed by atoms with Gasteiger partial charge in [0.1, 0.15) is 0 Å². The molecule has 0 aromatic rings. The molecule has 0 aromatic carbocycles. The van der Waals surface area contributed by atoms with Crippen molar-refractivity contribution in [2.45, 2.75) is 110 Å². The molecular formula is C20H35N. The van der Waals surface area contributed by atoms with Crippen LogP contribution < -0.4 is 0 Å². The van der Waals surface area contributed by atoms with Crippen LogP contribution in [0.15, 0.2) is 0 Å². The van der Waals surface area contributed by atoms with Crippen LogP contribution in [0.4, 0.5) is 0 Å². The van der Waals surface area contributed by atoms with E-state index in [1.807, 2.05) is 0 Å². The first-order valence-corrected chi connectivity index (χ1v) is 9.24. The van der Waals surface area contributed by atoms with E-state index in [1.165, 1.54) is 77.0 Å². The summed E-state index contributed by atoms with van der Waals surface area (Å²) in [5.74, 6) is 6.63. The quantitative estimate of drug-likeness (QED) is 0.255. The van der Waals surface area contributed by atoms with Crippen LogP contribution in [0, 0.1) is 23.2 Å². The maximum absolute atomic E-state index is 8.43. The lowest BCUT2D eigenvalue weighted by atomic mass is 10.1. The van der Waals surface area contributed by atoms with E-state index in [0.29, 0.717) is 0 Å². The molecule has 1 heteroatoms. The molecule has 0 saturated carbocycles. The lowest BCUT2D eigenvalue weighted by Gasteiger charge is -1.98. The summed E-state index contributed by atoms with van der Waals surface area (Å²) in [5.41, 5.74) is 0. The highest BCUT2D eigenvalue weighted by molar-refractivity contribution is 4.98. The van der Waals surface area contributed by atoms with Crippen molar-refractivity contribution in [3.05, 3.63) is 0 Å². The van der Waals surface area contributed by atoms with Crippen LogP contribution in [0.5, 0.6) is 0 Å². The zero-order chi connectivity index (χ0) is 15.4. The van der Waals surface area contributed by atoms with Gasteiger partial charge in [0.25, 0.3) is 0 Å². The van der Waals surface area contributed by atoms with Gasteiger partial charge in [-0.3, -0.25) is 0 Å². The average Bonchev–Trinajstić information content (AvgIpc) is 2.50. The third-order valence-electron chi connectivity index (χ3n) is 3.87. The molecule has 0 aliphatic heterocycles. The van der Waals surface area contributed by atoms with E-state index >= 15 is 0 Å². The molecule has 0 radical (unpaired) electrons. The highest BCUT2D eigenvalue weighted by atomic mass is 14.2. The van der Waals surface area contributed by atoms with E-state index in [4.69, 9.17) is 5.26 Å². The summed E-state index contributed by atoms with van der Waals surface area (Å²) in [4.78, 5) is 0. The summed E-state index contributed by atoms with van der Waals surface area (Å²) in [6, 6.07) is 2.20. The molecule has 0 bridgehead atoms. The van der Waals surface area contributed by atoms with Gasteiger partial charge in [-0.05, 0) is 19.3 Å². The molecule has 0 aliphatic rings. The molecule has 120 valence electrons. The molecule has 0 unspecified atom stereocenters. The van der Waals surface area contributed by atoms with E-state index in [0.717, 1.165) is 25.7 Å². The van der Waals surface area contributed by atoms with Gasteiger partial charge in [-0.15, -0.1) is 11.8 Å². The van der Waals surface area contributed by atoms with E-state index in [1.54, 1.807) is 0 Å². The molecule has 0 amide bonds. The number of hydrogen-bond donors (Lipinski definition) is 0. The van der Waals surface area contributed by atoms with Crippen LogP contribution in [0.25, 0.3) is 0 Å². The number of unbranched alkanes of at least 4 members (excludes halogenated alkanes) is 14. The first-order chi connectivity index (χ1) is 10.4. The Balaban J connectivity index is 3.08. The third kappa shape index (κ3) is 19.0. The Kier molecular flexibility index (Phi) is 18.2. The predicted molar refractivity (Wildman–Crippen MR) is 92.9 cm³/mol. The molecule has 0 aliphatic carbocycles. The van der Waals surface area contributed by atoms with Gasteiger partial charge in [0.2, 0.25) is 0 Å². The molecule has 0 atom stereocenters. The normalized spacial score (nSPS) is 9.90. The fourth-order valence-electron chi connectivity index (χ4n) is 2.47. The Morgan fingerprint density at radius 1 is 0.524 bits per heavy atom. The van der Waals surface area contributed by atoms with Gasteiger partial charge in [-0.1, -0.05) is 71.1 Å². The number of nitrogens with zero attached hydrogens (tertiary/aromatic N) is 1. The highest BCUT2D eigenvalue weighted by Crippen LogP contribution is 2.09. The minimum Gasteiger partial charge on any atom is -0.198 e. The van der Waals surface area contributed by atoms with Gasteiger partial charge >= 0.3 is 0 Å². The van der Waals surface area contributed by atoms with Gasteiger partial charge in [-0.25, -0.2) is 0 Å². The van der Waals surface area contributed by atoms with Crippen molar-refractivity contribution < 1.29 is 0 Å². The Morgan fingerprint density at radius 3 is 1.33 bits per heavy atom. The number of nitriles is 1. The van der Waals surface area contributed by atoms with Crippen molar-refractivity contribution in [2.75, 3.05) is 0 Å². The van der Waals surface area contributed by atoms with E-state index in [-0.39, 0.29) is 0 Å². The number of hydrogen-bond acceptors (Lipinski definition) is 1. The molecule has 1 nitrogen and oxygen atoms in total. The Bertz CT molecular complexity index is 289. The van der Waals surface area contributed by atoms with E-state index in [9.17, 15) is 0 Å². The molecule has 0 spiro atoms. The van der Waals surface area contributed by atoms with Gasteiger partial charge in [-0.2, -0.15) is 5.26 Å². The van der Waals surface area contributed by atoms with Crippen LogP contribution in [-0.2, 0) is 0 Å². The fourth-order valence-corrected chi connectivity index (χ4v) is 2.47. The lowest BCUT2D eigenvalue weighted by Crippen LogP contribution is -1.80. The SMILES string of the molecule is CCCCCCCCCC#CCCCCCCCCC#N. The first kappa shape index (κ1) is 20.1. The van der Waals surface area contributed by atoms with E-state index in [2.05, 4.69) is 24.8 Å². The Hall–Kier alpha value is -0.950. The minimum atomic E-state index is 0.726. The van der Waals surface area contributed by atoms with Crippen LogP contribution in [0.2, 0.25) is 0 Å². The van der Waals surface area contributed by atoms with E-state index < -0.39 is 0 Å². The molecule has 21 heavy (non-hydrogen) atoms. The average molecular weight is 290 g/mol. The summed E-state index contributed by atoms with van der Waals surface area (Å²) >= 11 is 0. The second-order valence-corrected chi connectivity index (χ2v) is 6.00. The Labute approximate surface area is 133 Å². The van der Waals surface area contributed by atoms with Crippen LogP contribution in [0.3, 0.4) is 0 Å². The van der Waals surface area contributed by atoms with Crippen molar-refractivity contribution in [1.82, 2.24) is 0 Å². The lowest BCUT2D eigenvalue weighted by molar-refractivity contribution is 0.593. The molecule has 0 saturated heterocycles. The highest BCUT2D eigenvalue weighted by Gasteiger charge is 1.91. The summed E-state index contributed by atoms with van der Waals surface area (Å²) < 4.78 is 0. The first-order valence-electron chi connectivity index (χ1n) is 9.24. The van der Waals surface area contributed by atoms with Crippen LogP contribution >= 0.6 is 0 Å². The zero-order valence-corrected chi connectivity index (χ0v) is 14.3. The maximum Gasteiger partial charge on any atom is 0.0621 e. The maximum atomic E-state index is 8.43. The van der Waals surface area contributed by atoms with Gasteiger partial charge in [0.15, 0.2) is 0 Å². The predicted octanol–water partition coefficient (Wildman–Crippen LogP) is 6.77. The van der Waals surface area contributed by atoms with Crippen molar-refractivity contribution in [3.8, 4) is 17.9 Å². The molecule has 0 aromatic heterocycles. The van der Waals surface area contributed by atoms with Gasteiger partial charge in [0, 0.05) is 19.3 Å². The fraction of sp³-hybridized carbons (Fsp3) is 0.850. The summed E-state index contributed by atoms with van der Waals surface area (Å²) in [7, 11) is 0. The molecule has 0 rings (SSSR count). The number of rotatable bonds is 14. The van der Waals surface area contributed by atoms with Crippen LogP contribution in [0.1, 0.15) is 110 Å². The summed E-state index contributed by atoms with van der Waals surface area (Å²) in [5, 5.41) is 8.43. The van der Waals surface area contributed by atoms with Crippen molar-refractivity contribution in [3.63, 3.8) is 0 Å². The summed E-state index contributed by atoms with van der Waals surface area (Å²) in [6.07, 6.45) is 20.0. The molecule has 0 fully saturated rings. The standard InChI is InChI=1S/C20H35N/c1-2-3-4-5-6-7-8-9-10-11-12-13-14-15-16-17-18-19-20-21/h2-9,12-19H2,1H3. The molecule has 0 heterocycles. The van der Waals surface area contributed by atoms with Gasteiger partial charge in [0.05, 0.1) is 6.07 Å². The van der Waals surface area contributed by atoms with Crippen molar-refractivity contribution in [1.29, 1.82) is 5.26 Å². The topological polar surface area (TPSA) is 23.8 Å². The second kappa shape index (κ2) is 19.1. The van der Waals surface area contributed by atoms with Crippen LogP contribution in [-0.4, -0.2) is 0 Å². The largest absolute Gasteiger partial charge is 0.198 e. The van der Waals surface area contributed by atoms with Crippen molar-refractivity contribution >= 4 is 0 Å². The monoisotopic (exact) mass is 289 g/mol. The zero-order valence-electron chi connectivity index (χ0n) is 14.3. The van der Waals surface area contributed by atoms with Gasteiger partial charge < -0.3 is 0 Å². The summed E-state index contributed by atoms with van der Waals surface area (Å²) in [6.45, 7) is 2.27. The Morgan fingerprint density at radius 2 is 0.905 bits per heavy atom. The molecule has 0 N–H and O–H groups in total. The second-order valence-electron chi connectivity index (χ2n) is 6.00. The third-order valence-corrected chi connectivity index (χ3v) is 3.87. The smallest absolute Gasteiger partial charge is 0.0621 e. The molecular weight excluding hydrogens is 254 g/mol. The minimum absolute atomic E-state index is 0.726. The van der Waals surface area contributed by atoms with Crippen molar-refractivity contribution in [2.24, 2.45) is 0 Å².